The number of carbonyl (C=O) groups excluding carboxylic acids is 1. The van der Waals surface area contributed by atoms with Gasteiger partial charge in [-0.05, 0) is 73.6 Å². The highest BCUT2D eigenvalue weighted by Crippen LogP contribution is 2.35. The second kappa shape index (κ2) is 14.0. The Kier molecular flexibility index (Phi) is 10.7. The Balaban J connectivity index is 1.78. The summed E-state index contributed by atoms with van der Waals surface area (Å²) < 4.78 is 13.6. The van der Waals surface area contributed by atoms with Crippen LogP contribution in [0.1, 0.15) is 83.1 Å². The maximum Gasteiger partial charge on any atom is 0.170 e. The summed E-state index contributed by atoms with van der Waals surface area (Å²) in [6, 6.07) is 6.33. The quantitative estimate of drug-likeness (QED) is 0.143. The molecule has 1 nitrogen and oxygen atoms in total. The van der Waals surface area contributed by atoms with E-state index in [9.17, 15) is 9.18 Å². The topological polar surface area (TPSA) is 17.1 Å². The standard InChI is InChI=1S/C33H41FO/c1-4-5-6-7-8-12-26(3)33(35)32(30-20-22-31(34)23-21-30)24-27-13-10-15-29(19-17-27)28-14-9-11-25(2)16-18-28/h5-6,8,10,12-13,17,19-23,25,28,32H,3-4,7,9,11,14-16,18,24H2,1-2H3/b6-5-,12-8?. The smallest absolute Gasteiger partial charge is 0.170 e. The van der Waals surface area contributed by atoms with Crippen molar-refractivity contribution in [3.05, 3.63) is 108 Å². The molecule has 2 heteroatoms. The lowest BCUT2D eigenvalue weighted by Gasteiger charge is -2.17. The van der Waals surface area contributed by atoms with Gasteiger partial charge in [-0.1, -0.05) is 106 Å². The average Bonchev–Trinajstić information content (AvgIpc) is 3.22. The zero-order valence-corrected chi connectivity index (χ0v) is 21.5. The van der Waals surface area contributed by atoms with E-state index in [1.807, 2.05) is 12.2 Å². The van der Waals surface area contributed by atoms with Crippen LogP contribution in [0.3, 0.4) is 0 Å². The molecule has 1 fully saturated rings. The van der Waals surface area contributed by atoms with Crippen LogP contribution < -0.4 is 0 Å². The van der Waals surface area contributed by atoms with Crippen LogP contribution in [-0.4, -0.2) is 5.78 Å². The molecule has 0 N–H and O–H groups in total. The number of benzene rings is 1. The molecule has 2 aliphatic carbocycles. The lowest BCUT2D eigenvalue weighted by atomic mass is 9.85. The van der Waals surface area contributed by atoms with Crippen LogP contribution >= 0.6 is 0 Å². The molecule has 3 rings (SSSR count). The maximum atomic E-state index is 13.6. The van der Waals surface area contributed by atoms with Crippen molar-refractivity contribution in [3.8, 4) is 0 Å². The third-order valence-electron chi connectivity index (χ3n) is 7.32. The number of rotatable bonds is 10. The number of ketones is 1. The summed E-state index contributed by atoms with van der Waals surface area (Å²) in [6.45, 7) is 8.53. The van der Waals surface area contributed by atoms with Gasteiger partial charge in [-0.2, -0.15) is 0 Å². The van der Waals surface area contributed by atoms with E-state index in [4.69, 9.17) is 0 Å². The second-order valence-electron chi connectivity index (χ2n) is 10.1. The molecule has 3 unspecified atom stereocenters. The monoisotopic (exact) mass is 472 g/mol. The highest BCUT2D eigenvalue weighted by atomic mass is 19.1. The summed E-state index contributed by atoms with van der Waals surface area (Å²) >= 11 is 0. The van der Waals surface area contributed by atoms with Crippen molar-refractivity contribution in [2.75, 3.05) is 0 Å². The van der Waals surface area contributed by atoms with Crippen LogP contribution in [0.4, 0.5) is 4.39 Å². The Morgan fingerprint density at radius 2 is 1.89 bits per heavy atom. The van der Waals surface area contributed by atoms with Crippen molar-refractivity contribution < 1.29 is 9.18 Å². The van der Waals surface area contributed by atoms with Gasteiger partial charge in [0.2, 0.25) is 0 Å². The van der Waals surface area contributed by atoms with Gasteiger partial charge >= 0.3 is 0 Å². The van der Waals surface area contributed by atoms with Crippen molar-refractivity contribution in [3.63, 3.8) is 0 Å². The number of hydrogen-bond donors (Lipinski definition) is 0. The molecule has 0 aromatic heterocycles. The van der Waals surface area contributed by atoms with Gasteiger partial charge in [0, 0.05) is 5.57 Å². The predicted molar refractivity (Wildman–Crippen MR) is 147 cm³/mol. The van der Waals surface area contributed by atoms with Gasteiger partial charge in [0.25, 0.3) is 0 Å². The molecule has 1 saturated carbocycles. The molecule has 0 aliphatic heterocycles. The van der Waals surface area contributed by atoms with Crippen LogP contribution in [0.2, 0.25) is 0 Å². The molecule has 1 aromatic rings. The number of hydrogen-bond acceptors (Lipinski definition) is 1. The molecule has 3 atom stereocenters. The largest absolute Gasteiger partial charge is 0.294 e. The third kappa shape index (κ3) is 8.46. The molecule has 186 valence electrons. The van der Waals surface area contributed by atoms with Crippen LogP contribution in [-0.2, 0) is 4.79 Å². The lowest BCUT2D eigenvalue weighted by molar-refractivity contribution is -0.116. The number of allylic oxidation sites excluding steroid dienone is 11. The van der Waals surface area contributed by atoms with Gasteiger partial charge in [0.05, 0.1) is 5.92 Å². The molecule has 1 aromatic carbocycles. The fourth-order valence-electron chi connectivity index (χ4n) is 5.13. The summed E-state index contributed by atoms with van der Waals surface area (Å²) in [7, 11) is 0. The van der Waals surface area contributed by atoms with Crippen molar-refractivity contribution in [2.45, 2.75) is 77.6 Å². The van der Waals surface area contributed by atoms with Gasteiger partial charge in [-0.15, -0.1) is 0 Å². The first kappa shape index (κ1) is 26.9. The van der Waals surface area contributed by atoms with Crippen LogP contribution in [0.15, 0.2) is 96.2 Å². The second-order valence-corrected chi connectivity index (χ2v) is 10.1. The fraction of sp³-hybridized carbons (Fsp3) is 0.424. The Bertz CT molecular complexity index is 1000. The number of halogens is 1. The minimum Gasteiger partial charge on any atom is -0.294 e. The van der Waals surface area contributed by atoms with Gasteiger partial charge in [-0.25, -0.2) is 4.39 Å². The summed E-state index contributed by atoms with van der Waals surface area (Å²) in [4.78, 5) is 13.5. The molecule has 2 aliphatic rings. The molecule has 0 heterocycles. The summed E-state index contributed by atoms with van der Waals surface area (Å²) in [5.41, 5.74) is 3.97. The molecular weight excluding hydrogens is 431 g/mol. The Morgan fingerprint density at radius 3 is 2.66 bits per heavy atom. The van der Waals surface area contributed by atoms with Crippen molar-refractivity contribution in [1.29, 1.82) is 0 Å². The fourth-order valence-corrected chi connectivity index (χ4v) is 5.13. The lowest BCUT2D eigenvalue weighted by Crippen LogP contribution is -2.14. The van der Waals surface area contributed by atoms with Gasteiger partial charge in [-0.3, -0.25) is 4.79 Å². The maximum absolute atomic E-state index is 13.6. The molecular formula is C33H41FO. The number of Topliss-reactive ketones (excluding diaryl/α,β-unsaturated/α-hetero) is 1. The SMILES string of the molecule is C=C(C=CC/C=C\CC)C(=O)C(CC1=CC=C(C2CCCC(C)CC2)CC=C1)c1ccc(F)cc1. The van der Waals surface area contributed by atoms with E-state index in [1.165, 1.54) is 49.8 Å². The predicted octanol–water partition coefficient (Wildman–Crippen LogP) is 9.37. The van der Waals surface area contributed by atoms with E-state index in [2.05, 4.69) is 56.9 Å². The first-order valence-electron chi connectivity index (χ1n) is 13.3. The van der Waals surface area contributed by atoms with Gasteiger partial charge < -0.3 is 0 Å². The van der Waals surface area contributed by atoms with E-state index in [1.54, 1.807) is 12.1 Å². The minimum atomic E-state index is -0.386. The van der Waals surface area contributed by atoms with Crippen molar-refractivity contribution >= 4 is 5.78 Å². The van der Waals surface area contributed by atoms with E-state index in [0.717, 1.165) is 36.3 Å². The Morgan fingerprint density at radius 1 is 1.09 bits per heavy atom. The zero-order chi connectivity index (χ0) is 25.0. The van der Waals surface area contributed by atoms with E-state index < -0.39 is 0 Å². The van der Waals surface area contributed by atoms with E-state index in [0.29, 0.717) is 17.9 Å². The normalized spacial score (nSPS) is 21.9. The van der Waals surface area contributed by atoms with E-state index >= 15 is 0 Å². The Labute approximate surface area is 211 Å². The van der Waals surface area contributed by atoms with Crippen molar-refractivity contribution in [1.82, 2.24) is 0 Å². The summed E-state index contributed by atoms with van der Waals surface area (Å²) in [5.74, 6) is 0.818. The molecule has 0 saturated heterocycles. The summed E-state index contributed by atoms with van der Waals surface area (Å²) in [6.07, 6.45) is 26.8. The Hall–Kier alpha value is -2.74. The highest BCUT2D eigenvalue weighted by Gasteiger charge is 2.24. The van der Waals surface area contributed by atoms with Gasteiger partial charge in [0.1, 0.15) is 5.82 Å². The molecule has 0 radical (unpaired) electrons. The molecule has 35 heavy (non-hydrogen) atoms. The van der Waals surface area contributed by atoms with Crippen LogP contribution in [0, 0.1) is 17.7 Å². The molecule has 0 amide bonds. The first-order chi connectivity index (χ1) is 17.0. The molecule has 0 spiro atoms. The zero-order valence-electron chi connectivity index (χ0n) is 21.5. The third-order valence-corrected chi connectivity index (χ3v) is 7.32. The molecule has 0 bridgehead atoms. The van der Waals surface area contributed by atoms with Crippen molar-refractivity contribution in [2.24, 2.45) is 11.8 Å². The number of carbonyl (C=O) groups is 1. The van der Waals surface area contributed by atoms with Crippen LogP contribution in [0.5, 0.6) is 0 Å². The van der Waals surface area contributed by atoms with E-state index in [-0.39, 0.29) is 17.5 Å². The summed E-state index contributed by atoms with van der Waals surface area (Å²) in [5, 5.41) is 0. The van der Waals surface area contributed by atoms with Gasteiger partial charge in [0.15, 0.2) is 5.78 Å². The minimum absolute atomic E-state index is 0.00663. The van der Waals surface area contributed by atoms with Crippen LogP contribution in [0.25, 0.3) is 0 Å². The first-order valence-corrected chi connectivity index (χ1v) is 13.3. The highest BCUT2D eigenvalue weighted by molar-refractivity contribution is 6.02. The average molecular weight is 473 g/mol.